The summed E-state index contributed by atoms with van der Waals surface area (Å²) in [5.41, 5.74) is 2.10. The molecule has 2 fully saturated rings. The lowest BCUT2D eigenvalue weighted by Crippen LogP contribution is -2.46. The minimum Gasteiger partial charge on any atom is -0.393 e. The number of aromatic nitrogens is 2. The van der Waals surface area contributed by atoms with Gasteiger partial charge in [0.05, 0.1) is 11.0 Å². The van der Waals surface area contributed by atoms with Crippen LogP contribution in [0.25, 0.3) is 10.4 Å². The van der Waals surface area contributed by atoms with Crippen LogP contribution in [0.4, 0.5) is 5.82 Å². The van der Waals surface area contributed by atoms with Crippen molar-refractivity contribution in [3.8, 4) is 10.4 Å². The van der Waals surface area contributed by atoms with Crippen LogP contribution in [0.3, 0.4) is 0 Å². The predicted molar refractivity (Wildman–Crippen MR) is 130 cm³/mol. The second kappa shape index (κ2) is 9.77. The zero-order valence-electron chi connectivity index (χ0n) is 19.7. The fourth-order valence-electron chi connectivity index (χ4n) is 4.30. The van der Waals surface area contributed by atoms with Crippen LogP contribution in [0, 0.1) is 6.92 Å². The number of carbonyl (C=O) groups is 2. The monoisotopic (exact) mass is 471 g/mol. The topological polar surface area (TPSA) is 107 Å². The molecule has 1 saturated carbocycles. The number of pyridine rings is 1. The first-order valence-electron chi connectivity index (χ1n) is 11.8. The Morgan fingerprint density at radius 1 is 1.36 bits per heavy atom. The van der Waals surface area contributed by atoms with Crippen LogP contribution in [0.2, 0.25) is 0 Å². The van der Waals surface area contributed by atoms with Crippen LogP contribution in [0.1, 0.15) is 78.7 Å². The molecule has 1 aliphatic heterocycles. The van der Waals surface area contributed by atoms with Crippen molar-refractivity contribution < 1.29 is 14.7 Å². The van der Waals surface area contributed by atoms with E-state index in [0.29, 0.717) is 36.0 Å². The number of aliphatic hydroxyl groups excluding tert-OH is 1. The number of likely N-dealkylation sites (tertiary alicyclic amines) is 1. The van der Waals surface area contributed by atoms with Crippen LogP contribution < -0.4 is 10.6 Å². The third kappa shape index (κ3) is 5.04. The molecule has 3 heterocycles. The first-order valence-corrected chi connectivity index (χ1v) is 12.6. The largest absolute Gasteiger partial charge is 0.393 e. The van der Waals surface area contributed by atoms with Crippen molar-refractivity contribution in [1.29, 1.82) is 0 Å². The molecule has 2 aromatic heterocycles. The molecule has 0 aromatic carbocycles. The van der Waals surface area contributed by atoms with Crippen molar-refractivity contribution in [1.82, 2.24) is 20.2 Å². The molecule has 178 valence electrons. The van der Waals surface area contributed by atoms with Crippen LogP contribution in [0.5, 0.6) is 0 Å². The number of anilines is 1. The third-order valence-electron chi connectivity index (χ3n) is 6.65. The van der Waals surface area contributed by atoms with Crippen molar-refractivity contribution >= 4 is 29.0 Å². The number of nitrogens with zero attached hydrogens (tertiary/aromatic N) is 3. The Balaban J connectivity index is 1.67. The maximum absolute atomic E-state index is 13.5. The average molecular weight is 472 g/mol. The first kappa shape index (κ1) is 23.6. The smallest absolute Gasteiger partial charge is 0.280 e. The molecule has 9 heteroatoms. The minimum atomic E-state index is -0.354. The van der Waals surface area contributed by atoms with E-state index in [-0.39, 0.29) is 35.0 Å². The number of amides is 2. The van der Waals surface area contributed by atoms with Crippen molar-refractivity contribution in [2.75, 3.05) is 11.9 Å². The van der Waals surface area contributed by atoms with E-state index in [9.17, 15) is 14.7 Å². The Labute approximate surface area is 198 Å². The second-order valence-corrected chi connectivity index (χ2v) is 10.3. The van der Waals surface area contributed by atoms with E-state index in [4.69, 9.17) is 0 Å². The molecular weight excluding hydrogens is 438 g/mol. The number of rotatable bonds is 7. The van der Waals surface area contributed by atoms with E-state index in [1.165, 1.54) is 11.3 Å². The summed E-state index contributed by atoms with van der Waals surface area (Å²) in [6.45, 7) is 8.96. The summed E-state index contributed by atoms with van der Waals surface area (Å²) in [6, 6.07) is 2.39. The van der Waals surface area contributed by atoms with Gasteiger partial charge in [0.25, 0.3) is 11.8 Å². The number of hydrogen-bond acceptors (Lipinski definition) is 7. The van der Waals surface area contributed by atoms with Crippen LogP contribution in [0.15, 0.2) is 12.3 Å². The molecule has 3 N–H and O–H groups in total. The second-order valence-electron chi connectivity index (χ2n) is 9.32. The van der Waals surface area contributed by atoms with Gasteiger partial charge in [0.15, 0.2) is 5.01 Å². The van der Waals surface area contributed by atoms with Crippen molar-refractivity contribution in [3.05, 3.63) is 28.5 Å². The highest BCUT2D eigenvalue weighted by molar-refractivity contribution is 7.17. The van der Waals surface area contributed by atoms with Gasteiger partial charge in [-0.1, -0.05) is 6.92 Å². The quantitative estimate of drug-likeness (QED) is 0.570. The number of thiazole rings is 1. The Hall–Kier alpha value is -2.52. The van der Waals surface area contributed by atoms with Gasteiger partial charge >= 0.3 is 0 Å². The van der Waals surface area contributed by atoms with E-state index in [2.05, 4.69) is 41.4 Å². The lowest BCUT2D eigenvalue weighted by atomic mass is 9.89. The molecule has 2 atom stereocenters. The number of hydrogen-bond donors (Lipinski definition) is 3. The molecule has 4 rings (SSSR count). The van der Waals surface area contributed by atoms with E-state index >= 15 is 0 Å². The molecule has 0 spiro atoms. The Morgan fingerprint density at radius 3 is 2.73 bits per heavy atom. The van der Waals surface area contributed by atoms with Crippen molar-refractivity contribution in [3.63, 3.8) is 0 Å². The van der Waals surface area contributed by atoms with E-state index < -0.39 is 0 Å². The minimum absolute atomic E-state index is 0.0491. The molecule has 0 radical (unpaired) electrons. The Bertz CT molecular complexity index is 1030. The lowest BCUT2D eigenvalue weighted by molar-refractivity contribution is 0.0562. The van der Waals surface area contributed by atoms with Crippen molar-refractivity contribution in [2.45, 2.75) is 84.0 Å². The van der Waals surface area contributed by atoms with Gasteiger partial charge in [0.2, 0.25) is 0 Å². The summed E-state index contributed by atoms with van der Waals surface area (Å²) in [5, 5.41) is 16.1. The van der Waals surface area contributed by atoms with Gasteiger partial charge in [-0.25, -0.2) is 9.97 Å². The molecule has 1 saturated heterocycles. The predicted octanol–water partition coefficient (Wildman–Crippen LogP) is 3.60. The molecule has 8 nitrogen and oxygen atoms in total. The highest BCUT2D eigenvalue weighted by Gasteiger charge is 2.33. The van der Waals surface area contributed by atoms with Gasteiger partial charge < -0.3 is 20.6 Å². The molecule has 0 unspecified atom stereocenters. The Morgan fingerprint density at radius 2 is 2.12 bits per heavy atom. The van der Waals surface area contributed by atoms with E-state index in [0.717, 1.165) is 36.2 Å². The van der Waals surface area contributed by atoms with E-state index in [1.54, 1.807) is 6.20 Å². The zero-order chi connectivity index (χ0) is 23.7. The normalized spacial score (nSPS) is 23.2. The highest BCUT2D eigenvalue weighted by atomic mass is 32.1. The molecule has 1 aliphatic carbocycles. The molecular formula is C24H33N5O3S. The lowest BCUT2D eigenvalue weighted by Gasteiger charge is -2.31. The summed E-state index contributed by atoms with van der Waals surface area (Å²) in [6.07, 6.45) is 5.44. The maximum Gasteiger partial charge on any atom is 0.280 e. The Kier molecular flexibility index (Phi) is 6.99. The fourth-order valence-corrected chi connectivity index (χ4v) is 5.33. The summed E-state index contributed by atoms with van der Waals surface area (Å²) < 4.78 is 0. The molecule has 33 heavy (non-hydrogen) atoms. The van der Waals surface area contributed by atoms with Gasteiger partial charge in [0, 0.05) is 36.4 Å². The highest BCUT2D eigenvalue weighted by Crippen LogP contribution is 2.35. The average Bonchev–Trinajstić information content (AvgIpc) is 3.39. The fraction of sp³-hybridized carbons (Fsp3) is 0.583. The standard InChI is InChI=1S/C24H33N5O3S/c1-5-14(3)26-19-9-13(2)18(12-25-19)21-20(24(32)29-8-6-7-15(29)4)28-23(33-21)22(31)27-16-10-17(30)11-16/h9,12,14-17,30H,5-8,10-11H2,1-4H3,(H,25,26)(H,27,31)/t14-,15-,16?,17?/m0/s1. The number of aliphatic hydroxyl groups is 1. The number of aryl methyl sites for hydroxylation is 1. The van der Waals surface area contributed by atoms with Gasteiger partial charge in [-0.15, -0.1) is 11.3 Å². The van der Waals surface area contributed by atoms with Crippen molar-refractivity contribution in [2.24, 2.45) is 0 Å². The van der Waals surface area contributed by atoms with Gasteiger partial charge in [-0.3, -0.25) is 9.59 Å². The first-order chi connectivity index (χ1) is 15.8. The van der Waals surface area contributed by atoms with Crippen LogP contribution in [-0.4, -0.2) is 62.6 Å². The summed E-state index contributed by atoms with van der Waals surface area (Å²) in [4.78, 5) is 37.9. The molecule has 2 aromatic rings. The molecule has 2 amide bonds. The third-order valence-corrected chi connectivity index (χ3v) is 7.74. The summed E-state index contributed by atoms with van der Waals surface area (Å²) >= 11 is 1.23. The molecule has 2 aliphatic rings. The number of carbonyl (C=O) groups excluding carboxylic acids is 2. The molecule has 0 bridgehead atoms. The summed E-state index contributed by atoms with van der Waals surface area (Å²) in [5.74, 6) is 0.357. The van der Waals surface area contributed by atoms with Gasteiger partial charge in [-0.2, -0.15) is 0 Å². The van der Waals surface area contributed by atoms with Gasteiger partial charge in [-0.05, 0) is 64.5 Å². The SMILES string of the molecule is CC[C@H](C)Nc1cc(C)c(-c2sc(C(=O)NC3CC(O)C3)nc2C(=O)N2CCC[C@@H]2C)cn1. The summed E-state index contributed by atoms with van der Waals surface area (Å²) in [7, 11) is 0. The van der Waals surface area contributed by atoms with Crippen LogP contribution in [-0.2, 0) is 0 Å². The van der Waals surface area contributed by atoms with E-state index in [1.807, 2.05) is 17.9 Å². The van der Waals surface area contributed by atoms with Crippen LogP contribution >= 0.6 is 11.3 Å². The zero-order valence-corrected chi connectivity index (χ0v) is 20.5. The van der Waals surface area contributed by atoms with Gasteiger partial charge in [0.1, 0.15) is 11.5 Å². The number of nitrogens with one attached hydrogen (secondary N) is 2. The maximum atomic E-state index is 13.5.